The number of aromatic nitrogens is 2. The molecule has 100 valence electrons. The van der Waals surface area contributed by atoms with Gasteiger partial charge in [0.1, 0.15) is 18.2 Å². The van der Waals surface area contributed by atoms with Gasteiger partial charge in [0, 0.05) is 18.2 Å². The van der Waals surface area contributed by atoms with E-state index in [9.17, 15) is 4.39 Å². The highest BCUT2D eigenvalue weighted by molar-refractivity contribution is 5.42. The number of nitrogens with two attached hydrogens (primary N) is 1. The normalized spacial score (nSPS) is 10.2. The Balaban J connectivity index is 2.09. The lowest BCUT2D eigenvalue weighted by Crippen LogP contribution is -2.06. The summed E-state index contributed by atoms with van der Waals surface area (Å²) in [5.74, 6) is 0.698. The van der Waals surface area contributed by atoms with Crippen molar-refractivity contribution in [2.45, 2.75) is 13.5 Å². The molecular formula is C13H15FN4O. The molecule has 0 radical (unpaired) electrons. The van der Waals surface area contributed by atoms with Crippen LogP contribution in [0.25, 0.3) is 0 Å². The Morgan fingerprint density at radius 3 is 2.84 bits per heavy atom. The molecule has 2 rings (SSSR count). The van der Waals surface area contributed by atoms with Crippen molar-refractivity contribution in [2.24, 2.45) is 0 Å². The first kappa shape index (κ1) is 13.1. The Morgan fingerprint density at radius 2 is 2.11 bits per heavy atom. The maximum absolute atomic E-state index is 13.4. The lowest BCUT2D eigenvalue weighted by Gasteiger charge is -2.09. The van der Waals surface area contributed by atoms with Crippen molar-refractivity contribution in [1.82, 2.24) is 9.97 Å². The van der Waals surface area contributed by atoms with E-state index in [1.807, 2.05) is 6.92 Å². The van der Waals surface area contributed by atoms with Gasteiger partial charge in [-0.2, -0.15) is 9.97 Å². The van der Waals surface area contributed by atoms with Crippen LogP contribution in [0.5, 0.6) is 5.88 Å². The van der Waals surface area contributed by atoms with Gasteiger partial charge < -0.3 is 15.8 Å². The van der Waals surface area contributed by atoms with Crippen molar-refractivity contribution in [3.8, 4) is 5.88 Å². The van der Waals surface area contributed by atoms with Gasteiger partial charge in [0.25, 0.3) is 0 Å². The minimum Gasteiger partial charge on any atom is -0.473 e. The Labute approximate surface area is 110 Å². The number of benzene rings is 1. The maximum Gasteiger partial charge on any atom is 0.225 e. The fraction of sp³-hybridized carbons (Fsp3) is 0.231. The Hall–Kier alpha value is -2.37. The van der Waals surface area contributed by atoms with E-state index in [2.05, 4.69) is 15.3 Å². The number of hydrogen-bond acceptors (Lipinski definition) is 5. The average molecular weight is 262 g/mol. The van der Waals surface area contributed by atoms with Gasteiger partial charge in [-0.15, -0.1) is 0 Å². The van der Waals surface area contributed by atoms with Gasteiger partial charge in [0.05, 0.1) is 0 Å². The highest BCUT2D eigenvalue weighted by Gasteiger charge is 2.05. The number of rotatable bonds is 5. The molecule has 0 aliphatic carbocycles. The Kier molecular flexibility index (Phi) is 4.12. The summed E-state index contributed by atoms with van der Waals surface area (Å²) < 4.78 is 18.9. The third kappa shape index (κ3) is 3.54. The number of anilines is 2. The summed E-state index contributed by atoms with van der Waals surface area (Å²) in [6.07, 6.45) is 0. The molecule has 0 amide bonds. The summed E-state index contributed by atoms with van der Waals surface area (Å²) in [6, 6.07) is 8.05. The second-order valence-corrected chi connectivity index (χ2v) is 3.86. The molecule has 19 heavy (non-hydrogen) atoms. The predicted molar refractivity (Wildman–Crippen MR) is 71.3 cm³/mol. The van der Waals surface area contributed by atoms with E-state index in [1.54, 1.807) is 24.3 Å². The van der Waals surface area contributed by atoms with Gasteiger partial charge in [-0.1, -0.05) is 18.2 Å². The van der Waals surface area contributed by atoms with Crippen LogP contribution in [-0.4, -0.2) is 16.5 Å². The molecule has 1 aromatic heterocycles. The van der Waals surface area contributed by atoms with E-state index in [-0.39, 0.29) is 18.4 Å². The first-order valence-electron chi connectivity index (χ1n) is 5.93. The minimum absolute atomic E-state index is 0.0920. The van der Waals surface area contributed by atoms with E-state index < -0.39 is 0 Å². The zero-order valence-electron chi connectivity index (χ0n) is 10.6. The summed E-state index contributed by atoms with van der Waals surface area (Å²) >= 11 is 0. The number of nitrogens with zero attached hydrogens (tertiary/aromatic N) is 2. The topological polar surface area (TPSA) is 73.1 Å². The smallest absolute Gasteiger partial charge is 0.225 e. The SMILES string of the molecule is CCNc1cc(OCc2ccccc2F)nc(N)n1. The molecule has 2 aromatic rings. The lowest BCUT2D eigenvalue weighted by molar-refractivity contribution is 0.288. The number of ether oxygens (including phenoxy) is 1. The van der Waals surface area contributed by atoms with Crippen molar-refractivity contribution in [2.75, 3.05) is 17.6 Å². The number of halogens is 1. The van der Waals surface area contributed by atoms with Crippen molar-refractivity contribution in [3.05, 3.63) is 41.7 Å². The molecule has 5 nitrogen and oxygen atoms in total. The fourth-order valence-electron chi connectivity index (χ4n) is 1.56. The fourth-order valence-corrected chi connectivity index (χ4v) is 1.56. The van der Waals surface area contributed by atoms with Crippen LogP contribution in [0.3, 0.4) is 0 Å². The van der Waals surface area contributed by atoms with Crippen LogP contribution in [0, 0.1) is 5.82 Å². The third-order valence-corrected chi connectivity index (χ3v) is 2.41. The average Bonchev–Trinajstić information content (AvgIpc) is 2.37. The molecule has 0 atom stereocenters. The third-order valence-electron chi connectivity index (χ3n) is 2.41. The molecule has 0 spiro atoms. The highest BCUT2D eigenvalue weighted by atomic mass is 19.1. The van der Waals surface area contributed by atoms with Crippen molar-refractivity contribution in [3.63, 3.8) is 0 Å². The van der Waals surface area contributed by atoms with Crippen LogP contribution in [0.1, 0.15) is 12.5 Å². The first-order chi connectivity index (χ1) is 9.19. The van der Waals surface area contributed by atoms with E-state index >= 15 is 0 Å². The van der Waals surface area contributed by atoms with E-state index in [0.717, 1.165) is 0 Å². The monoisotopic (exact) mass is 262 g/mol. The molecule has 0 saturated carbocycles. The molecule has 0 bridgehead atoms. The van der Waals surface area contributed by atoms with Gasteiger partial charge in [-0.25, -0.2) is 4.39 Å². The quantitative estimate of drug-likeness (QED) is 0.864. The summed E-state index contributed by atoms with van der Waals surface area (Å²) in [4.78, 5) is 7.94. The summed E-state index contributed by atoms with van der Waals surface area (Å²) in [5.41, 5.74) is 6.03. The number of hydrogen-bond donors (Lipinski definition) is 2. The Bertz CT molecular complexity index is 562. The van der Waals surface area contributed by atoms with Crippen LogP contribution in [0.4, 0.5) is 16.2 Å². The Morgan fingerprint density at radius 1 is 1.32 bits per heavy atom. The van der Waals surface area contributed by atoms with E-state index in [4.69, 9.17) is 10.5 Å². The molecule has 3 N–H and O–H groups in total. The molecule has 0 aliphatic heterocycles. The van der Waals surface area contributed by atoms with Gasteiger partial charge >= 0.3 is 0 Å². The van der Waals surface area contributed by atoms with Crippen molar-refractivity contribution < 1.29 is 9.13 Å². The molecule has 0 unspecified atom stereocenters. The summed E-state index contributed by atoms with van der Waals surface area (Å²) in [6.45, 7) is 2.75. The second kappa shape index (κ2) is 5.99. The standard InChI is InChI=1S/C13H15FN4O/c1-2-16-11-7-12(18-13(15)17-11)19-8-9-5-3-4-6-10(9)14/h3-7H,2,8H2,1H3,(H3,15,16,17,18). The molecule has 0 saturated heterocycles. The molecule has 0 aliphatic rings. The predicted octanol–water partition coefficient (Wildman–Crippen LogP) is 2.21. The number of nitrogens with one attached hydrogen (secondary N) is 1. The zero-order valence-corrected chi connectivity index (χ0v) is 10.6. The van der Waals surface area contributed by atoms with Gasteiger partial charge in [0.2, 0.25) is 11.8 Å². The molecule has 1 aromatic carbocycles. The maximum atomic E-state index is 13.4. The van der Waals surface area contributed by atoms with E-state index in [0.29, 0.717) is 23.8 Å². The molecule has 0 fully saturated rings. The molecule has 1 heterocycles. The van der Waals surface area contributed by atoms with Crippen LogP contribution < -0.4 is 15.8 Å². The highest BCUT2D eigenvalue weighted by Crippen LogP contribution is 2.16. The van der Waals surface area contributed by atoms with Crippen molar-refractivity contribution in [1.29, 1.82) is 0 Å². The second-order valence-electron chi connectivity index (χ2n) is 3.86. The lowest BCUT2D eigenvalue weighted by atomic mass is 10.2. The summed E-state index contributed by atoms with van der Waals surface area (Å²) in [5, 5.41) is 3.01. The van der Waals surface area contributed by atoms with Gasteiger partial charge in [0.15, 0.2) is 0 Å². The molecular weight excluding hydrogens is 247 g/mol. The largest absolute Gasteiger partial charge is 0.473 e. The van der Waals surface area contributed by atoms with Crippen LogP contribution in [-0.2, 0) is 6.61 Å². The van der Waals surface area contributed by atoms with E-state index in [1.165, 1.54) is 6.07 Å². The van der Waals surface area contributed by atoms with Gasteiger partial charge in [-0.05, 0) is 13.0 Å². The zero-order chi connectivity index (χ0) is 13.7. The first-order valence-corrected chi connectivity index (χ1v) is 5.93. The van der Waals surface area contributed by atoms with Crippen molar-refractivity contribution >= 4 is 11.8 Å². The van der Waals surface area contributed by atoms with Crippen LogP contribution in [0.2, 0.25) is 0 Å². The number of nitrogen functional groups attached to an aromatic ring is 1. The van der Waals surface area contributed by atoms with Crippen LogP contribution >= 0.6 is 0 Å². The summed E-state index contributed by atoms with van der Waals surface area (Å²) in [7, 11) is 0. The molecule has 6 heteroatoms. The van der Waals surface area contributed by atoms with Crippen LogP contribution in [0.15, 0.2) is 30.3 Å². The minimum atomic E-state index is -0.309. The van der Waals surface area contributed by atoms with Gasteiger partial charge in [-0.3, -0.25) is 0 Å².